The van der Waals surface area contributed by atoms with Crippen LogP contribution in [0.4, 0.5) is 4.79 Å². The monoisotopic (exact) mass is 294 g/mol. The Morgan fingerprint density at radius 1 is 1.33 bits per heavy atom. The number of piperazine rings is 1. The summed E-state index contributed by atoms with van der Waals surface area (Å²) in [5, 5.41) is 2.81. The van der Waals surface area contributed by atoms with Crippen molar-refractivity contribution in [3.8, 4) is 0 Å². The number of nitrogens with zero attached hydrogens (tertiary/aromatic N) is 3. The number of hydrogen-bond donors (Lipinski definition) is 1. The van der Waals surface area contributed by atoms with Gasteiger partial charge in [-0.3, -0.25) is 9.59 Å². The van der Waals surface area contributed by atoms with E-state index in [1.165, 1.54) is 0 Å². The Bertz CT molecular complexity index is 467. The van der Waals surface area contributed by atoms with E-state index in [2.05, 4.69) is 5.32 Å². The zero-order valence-electron chi connectivity index (χ0n) is 12.4. The summed E-state index contributed by atoms with van der Waals surface area (Å²) in [7, 11) is 0. The largest absolute Gasteiger partial charge is 0.337 e. The van der Waals surface area contributed by atoms with Crippen LogP contribution in [0.2, 0.25) is 0 Å². The molecule has 0 aliphatic carbocycles. The van der Waals surface area contributed by atoms with Gasteiger partial charge in [-0.05, 0) is 12.8 Å². The molecule has 0 bridgehead atoms. The second-order valence-electron chi connectivity index (χ2n) is 5.93. The van der Waals surface area contributed by atoms with E-state index in [0.717, 1.165) is 6.42 Å². The van der Waals surface area contributed by atoms with Crippen LogP contribution >= 0.6 is 0 Å². The first-order valence-electron chi connectivity index (χ1n) is 7.74. The summed E-state index contributed by atoms with van der Waals surface area (Å²) in [4.78, 5) is 41.6. The number of amides is 4. The highest BCUT2D eigenvalue weighted by Gasteiger charge is 2.40. The smallest absolute Gasteiger partial charge is 0.317 e. The van der Waals surface area contributed by atoms with Gasteiger partial charge in [-0.25, -0.2) is 4.79 Å². The Balaban J connectivity index is 1.67. The van der Waals surface area contributed by atoms with Crippen molar-refractivity contribution in [3.63, 3.8) is 0 Å². The average Bonchev–Trinajstić information content (AvgIpc) is 3.07. The highest BCUT2D eigenvalue weighted by atomic mass is 16.2. The second-order valence-corrected chi connectivity index (χ2v) is 5.93. The van der Waals surface area contributed by atoms with Crippen LogP contribution in [-0.2, 0) is 9.59 Å². The lowest BCUT2D eigenvalue weighted by atomic mass is 10.1. The first-order chi connectivity index (χ1) is 10.1. The van der Waals surface area contributed by atoms with Gasteiger partial charge in [0.2, 0.25) is 11.8 Å². The van der Waals surface area contributed by atoms with Crippen molar-refractivity contribution in [2.24, 2.45) is 0 Å². The molecule has 0 aromatic heterocycles. The standard InChI is InChI=1S/C14H22N4O3/c1-2-11(18-5-3-4-12(18)19)13(20)16-6-7-17-10(9-16)8-15-14(17)21/h10-11H,2-9H2,1H3,(H,15,21). The fraction of sp³-hybridized carbons (Fsp3) is 0.786. The molecule has 3 fully saturated rings. The van der Waals surface area contributed by atoms with Gasteiger partial charge in [0.25, 0.3) is 0 Å². The van der Waals surface area contributed by atoms with Crippen LogP contribution in [0.5, 0.6) is 0 Å². The van der Waals surface area contributed by atoms with Crippen LogP contribution in [0.15, 0.2) is 0 Å². The van der Waals surface area contributed by atoms with Crippen molar-refractivity contribution >= 4 is 17.8 Å². The molecule has 0 saturated carbocycles. The number of urea groups is 1. The number of carbonyl (C=O) groups excluding carboxylic acids is 3. The van der Waals surface area contributed by atoms with E-state index in [-0.39, 0.29) is 29.9 Å². The van der Waals surface area contributed by atoms with Crippen molar-refractivity contribution in [2.75, 3.05) is 32.7 Å². The van der Waals surface area contributed by atoms with Crippen LogP contribution in [0, 0.1) is 0 Å². The number of carbonyl (C=O) groups is 3. The summed E-state index contributed by atoms with van der Waals surface area (Å²) in [6.07, 6.45) is 2.04. The number of nitrogens with one attached hydrogen (secondary N) is 1. The number of fused-ring (bicyclic) bond motifs is 1. The third-order valence-electron chi connectivity index (χ3n) is 4.70. The molecule has 116 valence electrons. The summed E-state index contributed by atoms with van der Waals surface area (Å²) in [5.74, 6) is 0.123. The molecular weight excluding hydrogens is 272 g/mol. The van der Waals surface area contributed by atoms with E-state index >= 15 is 0 Å². The van der Waals surface area contributed by atoms with Gasteiger partial charge in [-0.15, -0.1) is 0 Å². The summed E-state index contributed by atoms with van der Waals surface area (Å²) in [6, 6.07) is -0.299. The Hall–Kier alpha value is -1.79. The summed E-state index contributed by atoms with van der Waals surface area (Å²) in [5.41, 5.74) is 0. The maximum Gasteiger partial charge on any atom is 0.317 e. The zero-order valence-corrected chi connectivity index (χ0v) is 12.4. The van der Waals surface area contributed by atoms with Gasteiger partial charge >= 0.3 is 6.03 Å². The molecule has 3 saturated heterocycles. The predicted octanol–water partition coefficient (Wildman–Crippen LogP) is -0.377. The lowest BCUT2D eigenvalue weighted by Gasteiger charge is -2.39. The molecule has 0 spiro atoms. The maximum absolute atomic E-state index is 12.7. The molecule has 0 aromatic rings. The Morgan fingerprint density at radius 3 is 2.81 bits per heavy atom. The molecule has 3 aliphatic heterocycles. The fourth-order valence-electron chi connectivity index (χ4n) is 3.54. The Morgan fingerprint density at radius 2 is 2.14 bits per heavy atom. The Kier molecular flexibility index (Phi) is 3.73. The minimum absolute atomic E-state index is 0.0335. The SMILES string of the molecule is CCC(C(=O)N1CCN2C(=O)NCC2C1)N1CCCC1=O. The number of hydrogen-bond acceptors (Lipinski definition) is 3. The van der Waals surface area contributed by atoms with Crippen molar-refractivity contribution in [2.45, 2.75) is 38.3 Å². The highest BCUT2D eigenvalue weighted by Crippen LogP contribution is 2.20. The van der Waals surface area contributed by atoms with Gasteiger partial charge in [-0.2, -0.15) is 0 Å². The number of likely N-dealkylation sites (tertiary alicyclic amines) is 1. The minimum Gasteiger partial charge on any atom is -0.337 e. The normalized spacial score (nSPS) is 26.9. The average molecular weight is 294 g/mol. The quantitative estimate of drug-likeness (QED) is 0.771. The molecule has 0 aromatic carbocycles. The predicted molar refractivity (Wildman–Crippen MR) is 75.5 cm³/mol. The molecule has 2 atom stereocenters. The zero-order chi connectivity index (χ0) is 15.0. The van der Waals surface area contributed by atoms with Gasteiger partial charge in [-0.1, -0.05) is 6.92 Å². The van der Waals surface area contributed by atoms with Gasteiger partial charge in [0, 0.05) is 39.1 Å². The third-order valence-corrected chi connectivity index (χ3v) is 4.70. The summed E-state index contributed by atoms with van der Waals surface area (Å²) in [6.45, 7) is 4.93. The lowest BCUT2D eigenvalue weighted by Crippen LogP contribution is -2.58. The van der Waals surface area contributed by atoms with Crippen molar-refractivity contribution < 1.29 is 14.4 Å². The third kappa shape index (κ3) is 2.45. The van der Waals surface area contributed by atoms with Crippen LogP contribution in [0.3, 0.4) is 0 Å². The summed E-state index contributed by atoms with van der Waals surface area (Å²) >= 11 is 0. The first-order valence-corrected chi connectivity index (χ1v) is 7.74. The van der Waals surface area contributed by atoms with Gasteiger partial charge < -0.3 is 20.0 Å². The molecule has 3 rings (SSSR count). The van der Waals surface area contributed by atoms with E-state index in [0.29, 0.717) is 45.6 Å². The highest BCUT2D eigenvalue weighted by molar-refractivity contribution is 5.89. The van der Waals surface area contributed by atoms with E-state index < -0.39 is 0 Å². The van der Waals surface area contributed by atoms with Gasteiger partial charge in [0.15, 0.2) is 0 Å². The van der Waals surface area contributed by atoms with Crippen LogP contribution in [-0.4, -0.2) is 77.4 Å². The minimum atomic E-state index is -0.336. The molecule has 4 amide bonds. The molecular formula is C14H22N4O3. The molecule has 21 heavy (non-hydrogen) atoms. The van der Waals surface area contributed by atoms with Crippen LogP contribution < -0.4 is 5.32 Å². The Labute approximate surface area is 124 Å². The second kappa shape index (κ2) is 5.54. The lowest BCUT2D eigenvalue weighted by molar-refractivity contribution is -0.145. The van der Waals surface area contributed by atoms with Crippen molar-refractivity contribution in [3.05, 3.63) is 0 Å². The molecule has 0 radical (unpaired) electrons. The molecule has 7 nitrogen and oxygen atoms in total. The fourth-order valence-corrected chi connectivity index (χ4v) is 3.54. The number of rotatable bonds is 3. The van der Waals surface area contributed by atoms with E-state index in [9.17, 15) is 14.4 Å². The van der Waals surface area contributed by atoms with Crippen molar-refractivity contribution in [1.29, 1.82) is 0 Å². The van der Waals surface area contributed by atoms with Crippen LogP contribution in [0.25, 0.3) is 0 Å². The maximum atomic E-state index is 12.7. The van der Waals surface area contributed by atoms with E-state index in [4.69, 9.17) is 0 Å². The van der Waals surface area contributed by atoms with Gasteiger partial charge in [0.05, 0.1) is 6.04 Å². The molecule has 7 heteroatoms. The van der Waals surface area contributed by atoms with E-state index in [1.807, 2.05) is 11.8 Å². The molecule has 1 N–H and O–H groups in total. The first kappa shape index (κ1) is 14.2. The van der Waals surface area contributed by atoms with Crippen LogP contribution in [0.1, 0.15) is 26.2 Å². The summed E-state index contributed by atoms with van der Waals surface area (Å²) < 4.78 is 0. The topological polar surface area (TPSA) is 73.0 Å². The molecule has 3 aliphatic rings. The van der Waals surface area contributed by atoms with Gasteiger partial charge in [0.1, 0.15) is 6.04 Å². The molecule has 2 unspecified atom stereocenters. The van der Waals surface area contributed by atoms with Crippen molar-refractivity contribution in [1.82, 2.24) is 20.0 Å². The van der Waals surface area contributed by atoms with E-state index in [1.54, 1.807) is 9.80 Å². The molecule has 3 heterocycles.